The van der Waals surface area contributed by atoms with Gasteiger partial charge in [0.25, 0.3) is 0 Å². The number of hydrogen-bond donors (Lipinski definition) is 1. The molecule has 0 saturated heterocycles. The summed E-state index contributed by atoms with van der Waals surface area (Å²) in [5.74, 6) is 1.11. The van der Waals surface area contributed by atoms with Gasteiger partial charge in [0.1, 0.15) is 5.82 Å². The zero-order chi connectivity index (χ0) is 15.9. The van der Waals surface area contributed by atoms with E-state index in [1.807, 2.05) is 6.20 Å². The normalized spacial score (nSPS) is 12.0. The molecule has 1 heterocycles. The average Bonchev–Trinajstić information content (AvgIpc) is 2.40. The van der Waals surface area contributed by atoms with Crippen molar-refractivity contribution >= 4 is 5.82 Å². The van der Waals surface area contributed by atoms with E-state index < -0.39 is 0 Å². The van der Waals surface area contributed by atoms with E-state index in [0.29, 0.717) is 6.04 Å². The van der Waals surface area contributed by atoms with Crippen molar-refractivity contribution in [3.63, 3.8) is 0 Å². The highest BCUT2D eigenvalue weighted by Crippen LogP contribution is 2.17. The van der Waals surface area contributed by atoms with Crippen LogP contribution in [0, 0.1) is 0 Å². The summed E-state index contributed by atoms with van der Waals surface area (Å²) in [6, 6.07) is 4.82. The first-order chi connectivity index (χ1) is 9.83. The number of unbranched alkanes of at least 4 members (excludes halogenated alkanes) is 2. The topological polar surface area (TPSA) is 28.2 Å². The van der Waals surface area contributed by atoms with Gasteiger partial charge in [0, 0.05) is 30.9 Å². The largest absolute Gasteiger partial charge is 0.354 e. The van der Waals surface area contributed by atoms with Gasteiger partial charge in [-0.05, 0) is 58.7 Å². The van der Waals surface area contributed by atoms with Crippen LogP contribution in [0.25, 0.3) is 0 Å². The lowest BCUT2D eigenvalue weighted by atomic mass is 10.1. The number of nitrogens with zero attached hydrogens (tertiary/aromatic N) is 2. The molecule has 0 amide bonds. The molecule has 0 aliphatic heterocycles. The Hall–Kier alpha value is -1.09. The summed E-state index contributed by atoms with van der Waals surface area (Å²) >= 11 is 0. The van der Waals surface area contributed by atoms with E-state index in [9.17, 15) is 0 Å². The highest BCUT2D eigenvalue weighted by atomic mass is 15.2. The molecule has 0 atom stereocenters. The van der Waals surface area contributed by atoms with Gasteiger partial charge < -0.3 is 10.2 Å². The van der Waals surface area contributed by atoms with Crippen LogP contribution in [0.5, 0.6) is 0 Å². The molecule has 1 aromatic heterocycles. The molecule has 0 aromatic carbocycles. The van der Waals surface area contributed by atoms with Crippen LogP contribution in [0.3, 0.4) is 0 Å². The van der Waals surface area contributed by atoms with E-state index in [4.69, 9.17) is 0 Å². The Morgan fingerprint density at radius 1 is 1.24 bits per heavy atom. The summed E-state index contributed by atoms with van der Waals surface area (Å²) in [5, 5.41) is 3.54. The van der Waals surface area contributed by atoms with E-state index in [-0.39, 0.29) is 5.54 Å². The van der Waals surface area contributed by atoms with Crippen LogP contribution in [0.1, 0.15) is 66.4 Å². The predicted octanol–water partition coefficient (Wildman–Crippen LogP) is 4.37. The van der Waals surface area contributed by atoms with Gasteiger partial charge in [-0.15, -0.1) is 0 Å². The molecule has 1 aromatic rings. The molecule has 1 rings (SSSR count). The van der Waals surface area contributed by atoms with Crippen molar-refractivity contribution in [3.8, 4) is 0 Å². The van der Waals surface area contributed by atoms with Crippen molar-refractivity contribution in [1.29, 1.82) is 0 Å². The number of pyridine rings is 1. The minimum atomic E-state index is 0.141. The molecule has 0 bridgehead atoms. The van der Waals surface area contributed by atoms with Crippen molar-refractivity contribution in [1.82, 2.24) is 10.3 Å². The minimum Gasteiger partial charge on any atom is -0.354 e. The number of hydrogen-bond acceptors (Lipinski definition) is 3. The van der Waals surface area contributed by atoms with Crippen molar-refractivity contribution in [2.24, 2.45) is 0 Å². The second kappa shape index (κ2) is 8.38. The predicted molar refractivity (Wildman–Crippen MR) is 92.8 cm³/mol. The summed E-state index contributed by atoms with van der Waals surface area (Å²) in [5.41, 5.74) is 1.44. The lowest BCUT2D eigenvalue weighted by molar-refractivity contribution is 0.424. The molecule has 0 unspecified atom stereocenters. The van der Waals surface area contributed by atoms with E-state index in [1.54, 1.807) is 0 Å². The smallest absolute Gasteiger partial charge is 0.129 e. The van der Waals surface area contributed by atoms with E-state index in [0.717, 1.165) is 18.9 Å². The zero-order valence-corrected chi connectivity index (χ0v) is 14.7. The highest BCUT2D eigenvalue weighted by Gasteiger charge is 2.13. The van der Waals surface area contributed by atoms with Crippen molar-refractivity contribution in [2.75, 3.05) is 11.4 Å². The summed E-state index contributed by atoms with van der Waals surface area (Å²) in [7, 11) is 0. The summed E-state index contributed by atoms with van der Waals surface area (Å²) in [6.45, 7) is 15.3. The molecule has 0 fully saturated rings. The lowest BCUT2D eigenvalue weighted by Crippen LogP contribution is -2.35. The number of nitrogens with one attached hydrogen (secondary N) is 1. The first-order valence-corrected chi connectivity index (χ1v) is 8.30. The summed E-state index contributed by atoms with van der Waals surface area (Å²) in [4.78, 5) is 7.00. The van der Waals surface area contributed by atoms with Crippen molar-refractivity contribution < 1.29 is 0 Å². The van der Waals surface area contributed by atoms with Crippen LogP contribution in [0.15, 0.2) is 18.3 Å². The van der Waals surface area contributed by atoms with Gasteiger partial charge in [-0.2, -0.15) is 0 Å². The third-order valence-electron chi connectivity index (χ3n) is 3.55. The van der Waals surface area contributed by atoms with Crippen LogP contribution < -0.4 is 10.2 Å². The Labute approximate surface area is 131 Å². The van der Waals surface area contributed by atoms with Crippen molar-refractivity contribution in [3.05, 3.63) is 23.9 Å². The summed E-state index contributed by atoms with van der Waals surface area (Å²) < 4.78 is 0. The maximum absolute atomic E-state index is 4.58. The van der Waals surface area contributed by atoms with Crippen molar-refractivity contribution in [2.45, 2.75) is 78.9 Å². The molecule has 0 aliphatic rings. The summed E-state index contributed by atoms with van der Waals surface area (Å²) in [6.07, 6.45) is 5.72. The molecule has 0 saturated carbocycles. The first kappa shape index (κ1) is 18.0. The van der Waals surface area contributed by atoms with Crippen LogP contribution >= 0.6 is 0 Å². The maximum atomic E-state index is 4.58. The Kier molecular flexibility index (Phi) is 7.16. The molecule has 1 N–H and O–H groups in total. The molecule has 3 nitrogen and oxygen atoms in total. The van der Waals surface area contributed by atoms with Crippen LogP contribution in [0.4, 0.5) is 5.82 Å². The third-order valence-corrected chi connectivity index (χ3v) is 3.55. The number of anilines is 1. The quantitative estimate of drug-likeness (QED) is 0.721. The molecule has 120 valence electrons. The van der Waals surface area contributed by atoms with Crippen LogP contribution in [-0.2, 0) is 6.54 Å². The molecular formula is C18H33N3. The highest BCUT2D eigenvalue weighted by molar-refractivity contribution is 5.41. The fourth-order valence-corrected chi connectivity index (χ4v) is 2.26. The van der Waals surface area contributed by atoms with Gasteiger partial charge in [-0.1, -0.05) is 19.8 Å². The van der Waals surface area contributed by atoms with Gasteiger partial charge in [0.15, 0.2) is 0 Å². The second-order valence-corrected chi connectivity index (χ2v) is 7.12. The molecular weight excluding hydrogens is 258 g/mol. The zero-order valence-electron chi connectivity index (χ0n) is 14.7. The first-order valence-electron chi connectivity index (χ1n) is 8.30. The fraction of sp³-hybridized carbons (Fsp3) is 0.722. The van der Waals surface area contributed by atoms with Gasteiger partial charge in [-0.3, -0.25) is 0 Å². The standard InChI is InChI=1S/C18H33N3/c1-7-8-9-12-21(15(2)3)17-13-16(10-11-19-17)14-20-18(4,5)6/h10-11,13,15,20H,7-9,12,14H2,1-6H3. The number of aromatic nitrogens is 1. The van der Waals surface area contributed by atoms with Gasteiger partial charge in [0.05, 0.1) is 0 Å². The second-order valence-electron chi connectivity index (χ2n) is 7.12. The van der Waals surface area contributed by atoms with Gasteiger partial charge in [-0.25, -0.2) is 4.98 Å². The monoisotopic (exact) mass is 291 g/mol. The fourth-order valence-electron chi connectivity index (χ4n) is 2.26. The Morgan fingerprint density at radius 3 is 2.52 bits per heavy atom. The Balaban J connectivity index is 2.75. The van der Waals surface area contributed by atoms with E-state index >= 15 is 0 Å². The Bertz CT molecular complexity index is 407. The maximum Gasteiger partial charge on any atom is 0.129 e. The van der Waals surface area contributed by atoms with Crippen LogP contribution in [-0.4, -0.2) is 23.1 Å². The lowest BCUT2D eigenvalue weighted by Gasteiger charge is -2.28. The van der Waals surface area contributed by atoms with Crippen LogP contribution in [0.2, 0.25) is 0 Å². The number of rotatable bonds is 8. The van der Waals surface area contributed by atoms with E-state index in [1.165, 1.54) is 24.8 Å². The SMILES string of the molecule is CCCCCN(c1cc(CNC(C)(C)C)ccn1)C(C)C. The Morgan fingerprint density at radius 2 is 1.95 bits per heavy atom. The molecule has 0 radical (unpaired) electrons. The van der Waals surface area contributed by atoms with Gasteiger partial charge >= 0.3 is 0 Å². The molecule has 0 spiro atoms. The van der Waals surface area contributed by atoms with E-state index in [2.05, 4.69) is 68.9 Å². The molecule has 21 heavy (non-hydrogen) atoms. The molecule has 3 heteroatoms. The minimum absolute atomic E-state index is 0.141. The van der Waals surface area contributed by atoms with Gasteiger partial charge in [0.2, 0.25) is 0 Å². The third kappa shape index (κ3) is 6.94. The average molecular weight is 291 g/mol. The molecule has 0 aliphatic carbocycles.